The summed E-state index contributed by atoms with van der Waals surface area (Å²) < 4.78 is 7.10. The number of fused-ring (bicyclic) bond motifs is 3. The topological polar surface area (TPSA) is 107 Å². The van der Waals surface area contributed by atoms with Gasteiger partial charge in [0.1, 0.15) is 5.75 Å². The summed E-state index contributed by atoms with van der Waals surface area (Å²) in [5.41, 5.74) is 4.70. The number of amides is 2. The van der Waals surface area contributed by atoms with E-state index >= 15 is 0 Å². The van der Waals surface area contributed by atoms with Crippen molar-refractivity contribution in [2.24, 2.45) is 17.8 Å². The number of allylic oxidation sites excluding steroid dienone is 2. The highest BCUT2D eigenvalue weighted by atomic mass is 79.9. The van der Waals surface area contributed by atoms with Crippen molar-refractivity contribution in [1.29, 1.82) is 0 Å². The summed E-state index contributed by atoms with van der Waals surface area (Å²) in [6.07, 6.45) is 3.89. The monoisotopic (exact) mass is 565 g/mol. The molecule has 9 heteroatoms. The molecule has 0 spiro atoms. The summed E-state index contributed by atoms with van der Waals surface area (Å²) >= 11 is 3.44. The lowest BCUT2D eigenvalue weighted by molar-refractivity contribution is -0.122. The van der Waals surface area contributed by atoms with Crippen molar-refractivity contribution in [2.45, 2.75) is 39.2 Å². The molecule has 2 saturated heterocycles. The number of hydrogen-bond donors (Lipinski definition) is 3. The number of carbonyl (C=O) groups excluding carboxylic acids is 2. The van der Waals surface area contributed by atoms with Gasteiger partial charge in [-0.25, -0.2) is 0 Å². The predicted octanol–water partition coefficient (Wildman–Crippen LogP) is 3.56. The van der Waals surface area contributed by atoms with Gasteiger partial charge in [0.2, 0.25) is 11.8 Å². The molecule has 2 amide bonds. The van der Waals surface area contributed by atoms with Crippen molar-refractivity contribution in [1.82, 2.24) is 0 Å². The van der Waals surface area contributed by atoms with E-state index < -0.39 is 19.0 Å². The summed E-state index contributed by atoms with van der Waals surface area (Å²) in [5.74, 6) is -1.32. The largest absolute Gasteiger partial charge is 0.507 e. The van der Waals surface area contributed by atoms with E-state index in [2.05, 4.69) is 15.9 Å². The Hall–Kier alpha value is -2.72. The first-order chi connectivity index (χ1) is 17.7. The third-order valence-electron chi connectivity index (χ3n) is 7.77. The Bertz CT molecular complexity index is 1320. The fourth-order valence-electron chi connectivity index (χ4n) is 6.05. The second kappa shape index (κ2) is 10.2. The molecule has 2 aliphatic heterocycles. The maximum atomic E-state index is 13.6. The molecule has 2 heterocycles. The number of carbonyl (C=O) groups is 2. The Morgan fingerprint density at radius 3 is 2.70 bits per heavy atom. The lowest BCUT2D eigenvalue weighted by Crippen LogP contribution is -2.35. The molecule has 4 atom stereocenters. The van der Waals surface area contributed by atoms with Crippen LogP contribution in [-0.4, -0.2) is 46.8 Å². The minimum Gasteiger partial charge on any atom is -0.507 e. The van der Waals surface area contributed by atoms with Crippen LogP contribution in [0.5, 0.6) is 5.75 Å². The first kappa shape index (κ1) is 25.9. The number of halogens is 1. The molecule has 37 heavy (non-hydrogen) atoms. The molecule has 2 aromatic rings. The van der Waals surface area contributed by atoms with Gasteiger partial charge in [-0.2, -0.15) is 0 Å². The van der Waals surface area contributed by atoms with Gasteiger partial charge in [-0.3, -0.25) is 14.5 Å². The van der Waals surface area contributed by atoms with E-state index in [0.717, 1.165) is 39.6 Å². The van der Waals surface area contributed by atoms with Crippen molar-refractivity contribution in [2.75, 3.05) is 11.5 Å². The molecular formula is C28H29BBrNO6. The van der Waals surface area contributed by atoms with Crippen LogP contribution in [-0.2, 0) is 14.3 Å². The molecule has 0 radical (unpaired) electrons. The van der Waals surface area contributed by atoms with Gasteiger partial charge in [0, 0.05) is 16.0 Å². The van der Waals surface area contributed by atoms with Gasteiger partial charge >= 0.3 is 7.12 Å². The molecular weight excluding hydrogens is 537 g/mol. The van der Waals surface area contributed by atoms with Crippen molar-refractivity contribution in [3.8, 4) is 5.75 Å². The van der Waals surface area contributed by atoms with Crippen LogP contribution in [0.3, 0.4) is 0 Å². The smallest absolute Gasteiger partial charge is 0.488 e. The summed E-state index contributed by atoms with van der Waals surface area (Å²) in [6, 6.07) is 11.6. The fourth-order valence-corrected chi connectivity index (χ4v) is 6.42. The highest BCUT2D eigenvalue weighted by Gasteiger charge is 2.56. The molecule has 2 fully saturated rings. The highest BCUT2D eigenvalue weighted by molar-refractivity contribution is 9.10. The molecule has 7 nitrogen and oxygen atoms in total. The normalized spacial score (nSPS) is 25.5. The molecule has 0 bridgehead atoms. The summed E-state index contributed by atoms with van der Waals surface area (Å²) in [6.45, 7) is 4.46. The third-order valence-corrected chi connectivity index (χ3v) is 8.26. The third kappa shape index (κ3) is 4.81. The van der Waals surface area contributed by atoms with Gasteiger partial charge in [-0.1, -0.05) is 45.3 Å². The highest BCUT2D eigenvalue weighted by Crippen LogP contribution is 2.50. The summed E-state index contributed by atoms with van der Waals surface area (Å²) in [5, 5.41) is 29.2. The molecule has 5 rings (SSSR count). The first-order valence-electron chi connectivity index (χ1n) is 12.5. The quantitative estimate of drug-likeness (QED) is 0.281. The van der Waals surface area contributed by atoms with E-state index in [-0.39, 0.29) is 35.0 Å². The Kier molecular flexibility index (Phi) is 7.15. The zero-order valence-electron chi connectivity index (χ0n) is 20.7. The number of phenolic OH excluding ortho intramolecular Hbond substituents is 1. The maximum absolute atomic E-state index is 13.6. The van der Waals surface area contributed by atoms with E-state index in [4.69, 9.17) is 4.74 Å². The second-order valence-corrected chi connectivity index (χ2v) is 11.1. The SMILES string of the molecule is CC1=C2[C@@H](CC/C(C)=C/c3cc(Br)ccc3O)OC[C@@H]2[C@@H]2C(=O)N(c3cccc(B(O)O)c3)C(=O)[C@@H]2C1. The van der Waals surface area contributed by atoms with Crippen LogP contribution in [0.1, 0.15) is 38.7 Å². The molecule has 192 valence electrons. The first-order valence-corrected chi connectivity index (χ1v) is 13.3. The van der Waals surface area contributed by atoms with Crippen molar-refractivity contribution < 1.29 is 29.5 Å². The Labute approximate surface area is 224 Å². The van der Waals surface area contributed by atoms with Crippen LogP contribution in [0.2, 0.25) is 0 Å². The molecule has 0 aromatic heterocycles. The van der Waals surface area contributed by atoms with Crippen LogP contribution in [0, 0.1) is 17.8 Å². The standard InChI is InChI=1S/C28H29BBrNO6/c1-15(10-17-12-19(30)7-8-23(17)32)6-9-24-25-16(2)11-21-26(22(25)14-37-24)28(34)31(27(21)33)20-5-3-4-18(13-20)29(35)36/h3-5,7-8,10,12-13,21-22,24,26,32,35-36H,6,9,11,14H2,1-2H3/b15-10+/t21-,22+,24-,26-/m1/s1. The predicted molar refractivity (Wildman–Crippen MR) is 145 cm³/mol. The van der Waals surface area contributed by atoms with E-state index in [1.807, 2.05) is 26.0 Å². The zero-order chi connectivity index (χ0) is 26.4. The van der Waals surface area contributed by atoms with Gasteiger partial charge in [0.25, 0.3) is 0 Å². The number of rotatable bonds is 6. The van der Waals surface area contributed by atoms with E-state index in [1.54, 1.807) is 30.3 Å². The van der Waals surface area contributed by atoms with Crippen LogP contribution < -0.4 is 10.4 Å². The number of nitrogens with zero attached hydrogens (tertiary/aromatic N) is 1. The average molecular weight is 566 g/mol. The average Bonchev–Trinajstić information content (AvgIpc) is 3.39. The zero-order valence-corrected chi connectivity index (χ0v) is 22.3. The molecule has 3 aliphatic rings. The number of ether oxygens (including phenoxy) is 1. The number of phenols is 1. The van der Waals surface area contributed by atoms with Gasteiger partial charge in [-0.05, 0) is 74.5 Å². The van der Waals surface area contributed by atoms with E-state index in [0.29, 0.717) is 18.7 Å². The molecule has 0 saturated carbocycles. The van der Waals surface area contributed by atoms with E-state index in [9.17, 15) is 24.7 Å². The lowest BCUT2D eigenvalue weighted by Gasteiger charge is -2.30. The summed E-state index contributed by atoms with van der Waals surface area (Å²) in [4.78, 5) is 28.2. The van der Waals surface area contributed by atoms with Gasteiger partial charge in [-0.15, -0.1) is 0 Å². The van der Waals surface area contributed by atoms with Crippen molar-refractivity contribution in [3.63, 3.8) is 0 Å². The van der Waals surface area contributed by atoms with Crippen LogP contribution in [0.25, 0.3) is 6.08 Å². The minimum atomic E-state index is -1.68. The Morgan fingerprint density at radius 1 is 1.16 bits per heavy atom. The van der Waals surface area contributed by atoms with Crippen molar-refractivity contribution in [3.05, 3.63) is 69.2 Å². The van der Waals surface area contributed by atoms with Crippen LogP contribution in [0.15, 0.2) is 63.7 Å². The van der Waals surface area contributed by atoms with Gasteiger partial charge in [0.15, 0.2) is 0 Å². The molecule has 1 aliphatic carbocycles. The Balaban J connectivity index is 1.33. The molecule has 3 N–H and O–H groups in total. The second-order valence-electron chi connectivity index (χ2n) is 10.2. The lowest BCUT2D eigenvalue weighted by atomic mass is 9.70. The number of benzene rings is 2. The number of anilines is 1. The number of hydrogen-bond acceptors (Lipinski definition) is 6. The summed E-state index contributed by atoms with van der Waals surface area (Å²) in [7, 11) is -1.68. The van der Waals surface area contributed by atoms with Gasteiger partial charge in [0.05, 0.1) is 30.2 Å². The van der Waals surface area contributed by atoms with Crippen molar-refractivity contribution >= 4 is 52.1 Å². The minimum absolute atomic E-state index is 0.116. The van der Waals surface area contributed by atoms with Crippen LogP contribution in [0.4, 0.5) is 5.69 Å². The fraction of sp³-hybridized carbons (Fsp3) is 0.357. The molecule has 2 aromatic carbocycles. The maximum Gasteiger partial charge on any atom is 0.488 e. The molecule has 0 unspecified atom stereocenters. The number of imide groups is 1. The number of aromatic hydroxyl groups is 1. The van der Waals surface area contributed by atoms with Gasteiger partial charge < -0.3 is 19.9 Å². The van der Waals surface area contributed by atoms with Crippen LogP contribution >= 0.6 is 15.9 Å². The van der Waals surface area contributed by atoms with E-state index in [1.165, 1.54) is 11.0 Å². The Morgan fingerprint density at radius 2 is 1.95 bits per heavy atom.